The fourth-order valence-electron chi connectivity index (χ4n) is 1.52. The molecule has 0 amide bonds. The number of aromatic nitrogens is 1. The lowest BCUT2D eigenvalue weighted by Gasteiger charge is -2.00. The first-order valence-corrected chi connectivity index (χ1v) is 6.34. The van der Waals surface area contributed by atoms with Gasteiger partial charge < -0.3 is 5.32 Å². The molecule has 0 saturated heterocycles. The fourth-order valence-corrected chi connectivity index (χ4v) is 2.35. The van der Waals surface area contributed by atoms with Crippen LogP contribution in [0, 0.1) is 5.92 Å². The van der Waals surface area contributed by atoms with Gasteiger partial charge in [-0.2, -0.15) is 0 Å². The lowest BCUT2D eigenvalue weighted by atomic mass is 10.3. The van der Waals surface area contributed by atoms with Crippen LogP contribution in [0.2, 0.25) is 0 Å². The van der Waals surface area contributed by atoms with Crippen molar-refractivity contribution >= 4 is 11.3 Å². The van der Waals surface area contributed by atoms with Crippen molar-refractivity contribution < 1.29 is 0 Å². The van der Waals surface area contributed by atoms with Gasteiger partial charge in [0.1, 0.15) is 0 Å². The average molecular weight is 210 g/mol. The maximum atomic E-state index is 4.34. The Morgan fingerprint density at radius 2 is 2.43 bits per heavy atom. The fraction of sp³-hybridized carbons (Fsp3) is 0.727. The van der Waals surface area contributed by atoms with Crippen LogP contribution in [0.3, 0.4) is 0 Å². The second-order valence-electron chi connectivity index (χ2n) is 3.98. The van der Waals surface area contributed by atoms with E-state index < -0.39 is 0 Å². The molecular formula is C11H18N2S. The van der Waals surface area contributed by atoms with Crippen LogP contribution in [-0.2, 0) is 13.0 Å². The van der Waals surface area contributed by atoms with Crippen LogP contribution < -0.4 is 5.32 Å². The van der Waals surface area contributed by atoms with E-state index in [2.05, 4.69) is 17.2 Å². The van der Waals surface area contributed by atoms with Crippen molar-refractivity contribution in [3.63, 3.8) is 0 Å². The third-order valence-electron chi connectivity index (χ3n) is 2.63. The van der Waals surface area contributed by atoms with Gasteiger partial charge in [-0.15, -0.1) is 11.3 Å². The van der Waals surface area contributed by atoms with E-state index in [9.17, 15) is 0 Å². The van der Waals surface area contributed by atoms with Gasteiger partial charge in [0, 0.05) is 17.6 Å². The predicted octanol–water partition coefficient (Wildman–Crippen LogP) is 2.60. The molecule has 1 heterocycles. The lowest BCUT2D eigenvalue weighted by molar-refractivity contribution is 0.616. The van der Waals surface area contributed by atoms with Crippen molar-refractivity contribution in [2.75, 3.05) is 6.54 Å². The molecular weight excluding hydrogens is 192 g/mol. The van der Waals surface area contributed by atoms with Crippen molar-refractivity contribution in [1.29, 1.82) is 0 Å². The van der Waals surface area contributed by atoms with Crippen LogP contribution in [0.5, 0.6) is 0 Å². The normalized spacial score (nSPS) is 16.1. The summed E-state index contributed by atoms with van der Waals surface area (Å²) in [6.45, 7) is 4.33. The highest BCUT2D eigenvalue weighted by atomic mass is 32.1. The van der Waals surface area contributed by atoms with Gasteiger partial charge in [-0.05, 0) is 25.3 Å². The smallest absolute Gasteiger partial charge is 0.0925 e. The Morgan fingerprint density at radius 1 is 1.57 bits per heavy atom. The number of hydrogen-bond donors (Lipinski definition) is 1. The molecule has 0 bridgehead atoms. The highest BCUT2D eigenvalue weighted by Crippen LogP contribution is 2.31. The van der Waals surface area contributed by atoms with E-state index in [0.717, 1.165) is 18.9 Å². The quantitative estimate of drug-likeness (QED) is 0.730. The zero-order chi connectivity index (χ0) is 9.80. The Morgan fingerprint density at radius 3 is 3.07 bits per heavy atom. The van der Waals surface area contributed by atoms with Gasteiger partial charge in [-0.1, -0.05) is 19.8 Å². The van der Waals surface area contributed by atoms with Gasteiger partial charge in [0.15, 0.2) is 0 Å². The molecule has 1 aliphatic carbocycles. The molecule has 1 fully saturated rings. The third-order valence-corrected chi connectivity index (χ3v) is 3.77. The van der Waals surface area contributed by atoms with Crippen molar-refractivity contribution in [3.05, 3.63) is 16.1 Å². The molecule has 1 aromatic heterocycles. The maximum absolute atomic E-state index is 4.34. The molecule has 0 aromatic carbocycles. The van der Waals surface area contributed by atoms with E-state index in [1.807, 2.05) is 17.5 Å². The zero-order valence-corrected chi connectivity index (χ0v) is 9.57. The molecule has 1 N–H and O–H groups in total. The third kappa shape index (κ3) is 3.07. The Kier molecular flexibility index (Phi) is 3.54. The van der Waals surface area contributed by atoms with Crippen molar-refractivity contribution in [2.45, 2.75) is 39.2 Å². The first-order valence-electron chi connectivity index (χ1n) is 5.52. The second kappa shape index (κ2) is 4.89. The first-order chi connectivity index (χ1) is 6.88. The number of thiazole rings is 1. The molecule has 1 aromatic rings. The summed E-state index contributed by atoms with van der Waals surface area (Å²) < 4.78 is 0. The summed E-state index contributed by atoms with van der Waals surface area (Å²) in [5.41, 5.74) is 0. The van der Waals surface area contributed by atoms with Gasteiger partial charge in [0.05, 0.1) is 5.01 Å². The summed E-state index contributed by atoms with van der Waals surface area (Å²) in [5.74, 6) is 1.04. The first kappa shape index (κ1) is 10.1. The van der Waals surface area contributed by atoms with E-state index in [1.54, 1.807) is 0 Å². The number of rotatable bonds is 6. The largest absolute Gasteiger partial charge is 0.312 e. The molecule has 14 heavy (non-hydrogen) atoms. The Bertz CT molecular complexity index is 279. The van der Waals surface area contributed by atoms with Crippen molar-refractivity contribution in [2.24, 2.45) is 5.92 Å². The topological polar surface area (TPSA) is 24.9 Å². The Labute approximate surface area is 89.8 Å². The molecule has 1 aliphatic rings. The van der Waals surface area contributed by atoms with Crippen LogP contribution in [0.1, 0.15) is 36.1 Å². The minimum Gasteiger partial charge on any atom is -0.312 e. The van der Waals surface area contributed by atoms with Crippen LogP contribution in [-0.4, -0.2) is 11.5 Å². The van der Waals surface area contributed by atoms with Crippen molar-refractivity contribution in [1.82, 2.24) is 10.3 Å². The summed E-state index contributed by atoms with van der Waals surface area (Å²) >= 11 is 1.83. The molecule has 0 radical (unpaired) electrons. The molecule has 0 atom stereocenters. The highest BCUT2D eigenvalue weighted by Gasteiger charge is 2.19. The Hall–Kier alpha value is -0.410. The van der Waals surface area contributed by atoms with Gasteiger partial charge in [0.2, 0.25) is 0 Å². The second-order valence-corrected chi connectivity index (χ2v) is 5.18. The van der Waals surface area contributed by atoms with Crippen LogP contribution in [0.4, 0.5) is 0 Å². The maximum Gasteiger partial charge on any atom is 0.0925 e. The Balaban J connectivity index is 1.63. The van der Waals surface area contributed by atoms with Crippen molar-refractivity contribution in [3.8, 4) is 0 Å². The lowest BCUT2D eigenvalue weighted by Crippen LogP contribution is -2.14. The minimum absolute atomic E-state index is 1.00. The van der Waals surface area contributed by atoms with E-state index >= 15 is 0 Å². The molecule has 2 nitrogen and oxygen atoms in total. The molecule has 0 spiro atoms. The van der Waals surface area contributed by atoms with Gasteiger partial charge in [-0.3, -0.25) is 0 Å². The summed E-state index contributed by atoms with van der Waals surface area (Å²) in [7, 11) is 0. The van der Waals surface area contributed by atoms with E-state index in [1.165, 1.54) is 35.7 Å². The minimum atomic E-state index is 1.00. The van der Waals surface area contributed by atoms with Crippen LogP contribution in [0.15, 0.2) is 6.20 Å². The standard InChI is InChI=1S/C11H18N2S/c1-2-11-13-8-10(14-11)7-12-6-5-9-3-4-9/h8-9,12H,2-7H2,1H3. The molecule has 78 valence electrons. The van der Waals surface area contributed by atoms with Crippen LogP contribution >= 0.6 is 11.3 Å². The molecule has 1 saturated carbocycles. The average Bonchev–Trinajstić information content (AvgIpc) is 2.91. The van der Waals surface area contributed by atoms with E-state index in [0.29, 0.717) is 0 Å². The number of nitrogens with zero attached hydrogens (tertiary/aromatic N) is 1. The zero-order valence-electron chi connectivity index (χ0n) is 8.75. The summed E-state index contributed by atoms with van der Waals surface area (Å²) in [5, 5.41) is 4.73. The number of aryl methyl sites for hydroxylation is 1. The SMILES string of the molecule is CCc1ncc(CNCCC2CC2)s1. The van der Waals surface area contributed by atoms with E-state index in [-0.39, 0.29) is 0 Å². The summed E-state index contributed by atoms with van der Waals surface area (Å²) in [6, 6.07) is 0. The molecule has 0 aliphatic heterocycles. The molecule has 0 unspecified atom stereocenters. The molecule has 2 rings (SSSR count). The number of hydrogen-bond acceptors (Lipinski definition) is 3. The monoisotopic (exact) mass is 210 g/mol. The number of nitrogens with one attached hydrogen (secondary N) is 1. The summed E-state index contributed by atoms with van der Waals surface area (Å²) in [6.07, 6.45) is 7.35. The van der Waals surface area contributed by atoms with Gasteiger partial charge in [0.25, 0.3) is 0 Å². The predicted molar refractivity (Wildman–Crippen MR) is 60.5 cm³/mol. The summed E-state index contributed by atoms with van der Waals surface area (Å²) in [4.78, 5) is 5.71. The highest BCUT2D eigenvalue weighted by molar-refractivity contribution is 7.11. The molecule has 3 heteroatoms. The van der Waals surface area contributed by atoms with E-state index in [4.69, 9.17) is 0 Å². The van der Waals surface area contributed by atoms with Gasteiger partial charge >= 0.3 is 0 Å². The van der Waals surface area contributed by atoms with Crippen LogP contribution in [0.25, 0.3) is 0 Å². The van der Waals surface area contributed by atoms with Gasteiger partial charge in [-0.25, -0.2) is 4.98 Å².